The van der Waals surface area contributed by atoms with Crippen molar-refractivity contribution in [3.63, 3.8) is 0 Å². The van der Waals surface area contributed by atoms with E-state index in [1.54, 1.807) is 5.43 Å². The molecular weight excluding hydrogens is 165 g/mol. The lowest BCUT2D eigenvalue weighted by atomic mass is 11.2. The number of nitrogens with one attached hydrogen (secondary N) is 1. The van der Waals surface area contributed by atoms with Crippen molar-refractivity contribution in [3.8, 4) is 0 Å². The fourth-order valence-electron chi connectivity index (χ4n) is 0. The molecule has 0 bridgehead atoms. The van der Waals surface area contributed by atoms with E-state index in [4.69, 9.17) is 19.2 Å². The summed E-state index contributed by atoms with van der Waals surface area (Å²) in [4.78, 5) is 30.9. The topological polar surface area (TPSA) is 159 Å². The largest absolute Gasteiger partial charge is 0.466 e. The fourth-order valence-corrected chi connectivity index (χ4v) is 0. The fraction of sp³-hybridized carbons (Fsp3) is 0. The van der Waals surface area contributed by atoms with Gasteiger partial charge < -0.3 is 20.4 Å². The first-order valence-electron chi connectivity index (χ1n) is 1.81. The third-order valence-corrected chi connectivity index (χ3v) is 0.142. The van der Waals surface area contributed by atoms with E-state index in [9.17, 15) is 4.79 Å². The van der Waals surface area contributed by atoms with Gasteiger partial charge in [-0.1, -0.05) is 0 Å². The third kappa shape index (κ3) is 164. The lowest BCUT2D eigenvalue weighted by Gasteiger charge is -1.82. The number of hydrazine groups is 1. The maximum absolute atomic E-state index is 9.35. The molecule has 0 fully saturated rings. The van der Waals surface area contributed by atoms with Gasteiger partial charge in [-0.05, 0) is 0 Å². The molecule has 8 N–H and O–H groups in total. The number of urea groups is 1. The van der Waals surface area contributed by atoms with Crippen LogP contribution in [0.1, 0.15) is 0 Å². The number of amides is 2. The van der Waals surface area contributed by atoms with Crippen molar-refractivity contribution >= 4 is 13.9 Å². The molecule has 62 valence electrons. The number of nitrogens with two attached hydrogens (primary N) is 2. The molecular formula is CH8N3O5P. The molecule has 9 heteroatoms. The van der Waals surface area contributed by atoms with Crippen LogP contribution in [0.15, 0.2) is 0 Å². The highest BCUT2D eigenvalue weighted by Crippen LogP contribution is 2.25. The minimum absolute atomic E-state index is 0.718. The van der Waals surface area contributed by atoms with Crippen molar-refractivity contribution in [1.82, 2.24) is 5.43 Å². The first-order chi connectivity index (χ1) is 4.27. The molecule has 0 aliphatic carbocycles. The van der Waals surface area contributed by atoms with E-state index in [0.29, 0.717) is 0 Å². The van der Waals surface area contributed by atoms with Gasteiger partial charge in [-0.3, -0.25) is 5.43 Å². The van der Waals surface area contributed by atoms with E-state index < -0.39 is 13.9 Å². The van der Waals surface area contributed by atoms with Gasteiger partial charge in [0, 0.05) is 0 Å². The van der Waals surface area contributed by atoms with Crippen LogP contribution in [0.3, 0.4) is 0 Å². The molecule has 0 saturated carbocycles. The van der Waals surface area contributed by atoms with Crippen LogP contribution in [0.25, 0.3) is 0 Å². The molecule has 0 heterocycles. The summed E-state index contributed by atoms with van der Waals surface area (Å²) in [6.07, 6.45) is 0. The number of carbonyl (C=O) groups is 1. The van der Waals surface area contributed by atoms with Crippen molar-refractivity contribution in [1.29, 1.82) is 0 Å². The van der Waals surface area contributed by atoms with Crippen molar-refractivity contribution in [3.05, 3.63) is 0 Å². The van der Waals surface area contributed by atoms with Crippen molar-refractivity contribution < 1.29 is 24.0 Å². The molecule has 0 atom stereocenters. The van der Waals surface area contributed by atoms with Gasteiger partial charge >= 0.3 is 13.9 Å². The number of rotatable bonds is 0. The van der Waals surface area contributed by atoms with E-state index >= 15 is 0 Å². The predicted molar refractivity (Wildman–Crippen MR) is 31.2 cm³/mol. The molecule has 0 saturated heterocycles. The Morgan fingerprint density at radius 3 is 1.50 bits per heavy atom. The van der Waals surface area contributed by atoms with Crippen LogP contribution >= 0.6 is 7.82 Å². The van der Waals surface area contributed by atoms with E-state index in [1.807, 2.05) is 0 Å². The van der Waals surface area contributed by atoms with Crippen LogP contribution in [0.4, 0.5) is 4.79 Å². The Hall–Kier alpha value is -0.660. The molecule has 0 aromatic carbocycles. The summed E-state index contributed by atoms with van der Waals surface area (Å²) >= 11 is 0. The van der Waals surface area contributed by atoms with Gasteiger partial charge in [0.1, 0.15) is 0 Å². The minimum atomic E-state index is -4.64. The van der Waals surface area contributed by atoms with Crippen LogP contribution in [0.2, 0.25) is 0 Å². The summed E-state index contributed by atoms with van der Waals surface area (Å²) in [6, 6.07) is -0.718. The minimum Gasteiger partial charge on any atom is -0.351 e. The third-order valence-electron chi connectivity index (χ3n) is 0.142. The molecule has 0 aromatic rings. The molecule has 8 nitrogen and oxygen atoms in total. The highest BCUT2D eigenvalue weighted by atomic mass is 31.2. The maximum Gasteiger partial charge on any atom is 0.466 e. The van der Waals surface area contributed by atoms with E-state index in [-0.39, 0.29) is 0 Å². The van der Waals surface area contributed by atoms with Crippen molar-refractivity contribution in [2.24, 2.45) is 11.6 Å². The van der Waals surface area contributed by atoms with Gasteiger partial charge in [-0.15, -0.1) is 0 Å². The Bertz CT molecular complexity index is 132. The number of hydrogen-bond donors (Lipinski definition) is 6. The number of hydrogen-bond acceptors (Lipinski definition) is 3. The maximum atomic E-state index is 9.35. The second-order valence-corrected chi connectivity index (χ2v) is 2.05. The highest BCUT2D eigenvalue weighted by Gasteiger charge is 2.00. The van der Waals surface area contributed by atoms with Crippen LogP contribution in [-0.4, -0.2) is 20.7 Å². The molecule has 2 amide bonds. The molecule has 0 aliphatic heterocycles. The summed E-state index contributed by atoms with van der Waals surface area (Å²) in [7, 11) is -4.64. The summed E-state index contributed by atoms with van der Waals surface area (Å²) in [5, 5.41) is 0. The number of primary amides is 1. The SMILES string of the molecule is NNC(N)=O.O=P(O)(O)O. The quantitative estimate of drug-likeness (QED) is 0.104. The molecule has 0 aromatic heterocycles. The zero-order chi connectivity index (χ0) is 8.78. The number of carbonyl (C=O) groups excluding carboxylic acids is 1. The standard InChI is InChI=1S/CH5N3O.H3O4P/c2-1(5)4-3;1-5(2,3)4/h3H2,(H3,2,4,5);(H3,1,2,3,4). The summed E-state index contributed by atoms with van der Waals surface area (Å²) in [5.41, 5.74) is 6.08. The Balaban J connectivity index is 0. The highest BCUT2D eigenvalue weighted by molar-refractivity contribution is 7.45. The zero-order valence-corrected chi connectivity index (χ0v) is 5.65. The molecule has 0 rings (SSSR count). The second-order valence-electron chi connectivity index (χ2n) is 1.02. The Kier molecular flexibility index (Phi) is 6.21. The molecule has 10 heavy (non-hydrogen) atoms. The Morgan fingerprint density at radius 1 is 1.40 bits per heavy atom. The molecule has 0 radical (unpaired) electrons. The van der Waals surface area contributed by atoms with Crippen molar-refractivity contribution in [2.45, 2.75) is 0 Å². The summed E-state index contributed by atoms with van der Waals surface area (Å²) in [6.45, 7) is 0. The Labute approximate surface area is 56.0 Å². The van der Waals surface area contributed by atoms with Gasteiger partial charge in [0.05, 0.1) is 0 Å². The second kappa shape index (κ2) is 5.15. The normalized spacial score (nSPS) is 9.20. The monoisotopic (exact) mass is 173 g/mol. The van der Waals surface area contributed by atoms with Gasteiger partial charge in [0.15, 0.2) is 0 Å². The van der Waals surface area contributed by atoms with Gasteiger partial charge in [-0.2, -0.15) is 0 Å². The number of phosphoric acid groups is 1. The Morgan fingerprint density at radius 2 is 1.50 bits per heavy atom. The average molecular weight is 173 g/mol. The lowest BCUT2D eigenvalue weighted by molar-refractivity contribution is 0.249. The lowest BCUT2D eigenvalue weighted by Crippen LogP contribution is -2.34. The van der Waals surface area contributed by atoms with Crippen LogP contribution in [-0.2, 0) is 4.57 Å². The van der Waals surface area contributed by atoms with Crippen LogP contribution in [0, 0.1) is 0 Å². The molecule has 0 aliphatic rings. The van der Waals surface area contributed by atoms with Crippen LogP contribution < -0.4 is 17.0 Å². The van der Waals surface area contributed by atoms with E-state index in [2.05, 4.69) is 11.6 Å². The first kappa shape index (κ1) is 12.1. The first-order valence-corrected chi connectivity index (χ1v) is 3.38. The zero-order valence-electron chi connectivity index (χ0n) is 4.76. The molecule has 0 spiro atoms. The van der Waals surface area contributed by atoms with Gasteiger partial charge in [0.2, 0.25) is 0 Å². The van der Waals surface area contributed by atoms with E-state index in [0.717, 1.165) is 0 Å². The summed E-state index contributed by atoms with van der Waals surface area (Å²) < 4.78 is 8.88. The smallest absolute Gasteiger partial charge is 0.351 e. The average Bonchev–Trinajstić information content (AvgIpc) is 1.61. The van der Waals surface area contributed by atoms with Crippen LogP contribution in [0.5, 0.6) is 0 Å². The predicted octanol–water partition coefficient (Wildman–Crippen LogP) is -2.40. The van der Waals surface area contributed by atoms with Crippen molar-refractivity contribution in [2.75, 3.05) is 0 Å². The summed E-state index contributed by atoms with van der Waals surface area (Å²) in [5.74, 6) is 4.45. The molecule has 0 unspecified atom stereocenters. The van der Waals surface area contributed by atoms with Gasteiger partial charge in [-0.25, -0.2) is 15.2 Å². The van der Waals surface area contributed by atoms with Gasteiger partial charge in [0.25, 0.3) is 0 Å². The van der Waals surface area contributed by atoms with E-state index in [1.165, 1.54) is 0 Å².